The van der Waals surface area contributed by atoms with E-state index >= 15 is 0 Å². The monoisotopic (exact) mass is 200 g/mol. The van der Waals surface area contributed by atoms with Gasteiger partial charge in [0, 0.05) is 6.42 Å². The topological polar surface area (TPSA) is 27.0 Å². The maximum Gasteiger partial charge on any atom is 0.111 e. The van der Waals surface area contributed by atoms with Gasteiger partial charge in [0.15, 0.2) is 0 Å². The van der Waals surface area contributed by atoms with Crippen LogP contribution in [0.1, 0.15) is 12.8 Å². The van der Waals surface area contributed by atoms with Gasteiger partial charge in [-0.15, -0.1) is 0 Å². The second-order valence-electron chi connectivity index (χ2n) is 4.21. The lowest BCUT2D eigenvalue weighted by molar-refractivity contribution is 0.781. The molecule has 0 bridgehead atoms. The Morgan fingerprint density at radius 1 is 1.42 bits per heavy atom. The molecule has 0 atom stereocenters. The highest BCUT2D eigenvalue weighted by atomic mass is 28.4. The Morgan fingerprint density at radius 2 is 2.00 bits per heavy atom. The van der Waals surface area contributed by atoms with Crippen molar-refractivity contribution in [2.45, 2.75) is 38.5 Å². The summed E-state index contributed by atoms with van der Waals surface area (Å²) in [6.07, 6.45) is 1.85. The summed E-state index contributed by atoms with van der Waals surface area (Å²) in [5, 5.41) is 8.35. The first-order valence-electron chi connectivity index (χ1n) is 4.56. The van der Waals surface area contributed by atoms with E-state index in [0.29, 0.717) is 0 Å². The summed E-state index contributed by atoms with van der Waals surface area (Å²) in [5.41, 5.74) is 0. The van der Waals surface area contributed by atoms with Crippen molar-refractivity contribution in [1.82, 2.24) is 4.23 Å². The molecule has 0 rings (SSSR count). The van der Waals surface area contributed by atoms with Gasteiger partial charge in [-0.05, 0) is 19.5 Å². The van der Waals surface area contributed by atoms with Crippen LogP contribution in [-0.4, -0.2) is 29.2 Å². The molecule has 0 radical (unpaired) electrons. The summed E-state index contributed by atoms with van der Waals surface area (Å²) < 4.78 is 2.60. The smallest absolute Gasteiger partial charge is 0.111 e. The third-order valence-electron chi connectivity index (χ3n) is 2.18. The molecule has 0 amide bonds. The zero-order valence-electron chi connectivity index (χ0n) is 8.72. The first-order valence-corrected chi connectivity index (χ1v) is 9.64. The zero-order valence-corrected chi connectivity index (χ0v) is 11.1. The molecule has 4 heteroatoms. The van der Waals surface area contributed by atoms with Crippen molar-refractivity contribution in [3.63, 3.8) is 0 Å². The molecule has 0 N–H and O–H groups in total. The van der Waals surface area contributed by atoms with Gasteiger partial charge in [0.2, 0.25) is 0 Å². The molecule has 0 heterocycles. The molecule has 0 aliphatic carbocycles. The Labute approximate surface area is 79.6 Å². The predicted octanol–water partition coefficient (Wildman–Crippen LogP) is 1.56. The standard InChI is InChI=1S/C8H20N2Si2/c1-10(12(2,3)4)11-8-6-5-7-9/h5-6,8,11H2,1-4H3. The number of nitriles is 1. The van der Waals surface area contributed by atoms with Crippen molar-refractivity contribution in [2.24, 2.45) is 0 Å². The zero-order chi connectivity index (χ0) is 9.61. The number of hydrogen-bond donors (Lipinski definition) is 0. The molecule has 0 aliphatic heterocycles. The second kappa shape index (κ2) is 5.52. The van der Waals surface area contributed by atoms with Crippen LogP contribution in [0.3, 0.4) is 0 Å². The van der Waals surface area contributed by atoms with Crippen LogP contribution in [0.4, 0.5) is 0 Å². The number of hydrogen-bond acceptors (Lipinski definition) is 2. The molecule has 0 aliphatic rings. The van der Waals surface area contributed by atoms with E-state index in [4.69, 9.17) is 5.26 Å². The van der Waals surface area contributed by atoms with Gasteiger partial charge in [0.05, 0.1) is 15.8 Å². The lowest BCUT2D eigenvalue weighted by Crippen LogP contribution is -2.45. The predicted molar refractivity (Wildman–Crippen MR) is 59.3 cm³/mol. The third-order valence-corrected chi connectivity index (χ3v) is 9.47. The van der Waals surface area contributed by atoms with Gasteiger partial charge in [-0.25, -0.2) is 0 Å². The highest BCUT2D eigenvalue weighted by molar-refractivity contribution is 6.78. The normalized spacial score (nSPS) is 12.7. The minimum atomic E-state index is -1.01. The van der Waals surface area contributed by atoms with Gasteiger partial charge in [0.25, 0.3) is 0 Å². The van der Waals surface area contributed by atoms with Crippen LogP contribution in [-0.2, 0) is 0 Å². The molecule has 0 aromatic carbocycles. The minimum Gasteiger partial charge on any atom is -0.353 e. The van der Waals surface area contributed by atoms with E-state index in [9.17, 15) is 0 Å². The summed E-state index contributed by atoms with van der Waals surface area (Å²) >= 11 is 0. The van der Waals surface area contributed by atoms with Crippen molar-refractivity contribution in [3.05, 3.63) is 0 Å². The molecular formula is C8H20N2Si2. The van der Waals surface area contributed by atoms with E-state index in [2.05, 4.69) is 37.0 Å². The Hall–Kier alpha value is -0.116. The van der Waals surface area contributed by atoms with Gasteiger partial charge < -0.3 is 4.23 Å². The fraction of sp³-hybridized carbons (Fsp3) is 0.875. The van der Waals surface area contributed by atoms with Crippen molar-refractivity contribution in [1.29, 1.82) is 5.26 Å². The van der Waals surface area contributed by atoms with E-state index in [0.717, 1.165) is 12.8 Å². The Morgan fingerprint density at radius 3 is 2.42 bits per heavy atom. The van der Waals surface area contributed by atoms with Crippen LogP contribution in [0.2, 0.25) is 25.7 Å². The summed E-state index contributed by atoms with van der Waals surface area (Å²) in [4.78, 5) is 0. The molecule has 0 saturated carbocycles. The second-order valence-corrected chi connectivity index (χ2v) is 12.0. The third kappa shape index (κ3) is 5.52. The largest absolute Gasteiger partial charge is 0.353 e. The van der Waals surface area contributed by atoms with E-state index in [-0.39, 0.29) is 9.68 Å². The van der Waals surface area contributed by atoms with Crippen LogP contribution >= 0.6 is 0 Å². The van der Waals surface area contributed by atoms with Crippen molar-refractivity contribution < 1.29 is 0 Å². The fourth-order valence-corrected chi connectivity index (χ4v) is 4.99. The van der Waals surface area contributed by atoms with Gasteiger partial charge in [-0.3, -0.25) is 0 Å². The van der Waals surface area contributed by atoms with Crippen molar-refractivity contribution in [3.8, 4) is 6.07 Å². The molecule has 2 nitrogen and oxygen atoms in total. The highest BCUT2D eigenvalue weighted by Gasteiger charge is 2.18. The van der Waals surface area contributed by atoms with E-state index in [1.54, 1.807) is 0 Å². The van der Waals surface area contributed by atoms with Gasteiger partial charge >= 0.3 is 0 Å². The minimum absolute atomic E-state index is 0.0449. The molecule has 0 fully saturated rings. The first kappa shape index (κ1) is 11.9. The summed E-state index contributed by atoms with van der Waals surface area (Å²) in [5.74, 6) is 0. The molecule has 0 spiro atoms. The average Bonchev–Trinajstić information content (AvgIpc) is 1.96. The van der Waals surface area contributed by atoms with Gasteiger partial charge in [-0.2, -0.15) is 5.26 Å². The quantitative estimate of drug-likeness (QED) is 0.497. The first-order chi connectivity index (χ1) is 5.48. The van der Waals surface area contributed by atoms with Crippen molar-refractivity contribution >= 4 is 17.9 Å². The molecule has 0 aromatic heterocycles. The van der Waals surface area contributed by atoms with Crippen molar-refractivity contribution in [2.75, 3.05) is 7.05 Å². The maximum atomic E-state index is 8.35. The molecule has 70 valence electrons. The summed E-state index contributed by atoms with van der Waals surface area (Å²) in [7, 11) is 1.20. The van der Waals surface area contributed by atoms with E-state index in [1.807, 2.05) is 0 Å². The molecule has 0 unspecified atom stereocenters. The lowest BCUT2D eigenvalue weighted by Gasteiger charge is -2.29. The Balaban J connectivity index is 3.46. The average molecular weight is 200 g/mol. The van der Waals surface area contributed by atoms with Gasteiger partial charge in [0.1, 0.15) is 8.24 Å². The summed E-state index contributed by atoms with van der Waals surface area (Å²) in [6.45, 7) is 7.14. The number of nitrogens with zero attached hydrogens (tertiary/aromatic N) is 2. The number of rotatable bonds is 5. The van der Waals surface area contributed by atoms with Crippen LogP contribution in [0.15, 0.2) is 0 Å². The van der Waals surface area contributed by atoms with E-state index in [1.165, 1.54) is 6.04 Å². The van der Waals surface area contributed by atoms with Gasteiger partial charge in [-0.1, -0.05) is 19.6 Å². The van der Waals surface area contributed by atoms with Crippen LogP contribution < -0.4 is 0 Å². The van der Waals surface area contributed by atoms with Crippen LogP contribution in [0.25, 0.3) is 0 Å². The van der Waals surface area contributed by atoms with Crippen LogP contribution in [0, 0.1) is 11.3 Å². The number of unbranched alkanes of at least 4 members (excludes halogenated alkanes) is 1. The molecule has 0 aromatic rings. The van der Waals surface area contributed by atoms with E-state index < -0.39 is 8.24 Å². The molecule has 12 heavy (non-hydrogen) atoms. The molecular weight excluding hydrogens is 180 g/mol. The maximum absolute atomic E-state index is 8.35. The Kier molecular flexibility index (Phi) is 5.46. The SMILES string of the molecule is CN([SiH2]CCCC#N)[Si](C)(C)C. The Bertz CT molecular complexity index is 157. The van der Waals surface area contributed by atoms with Crippen LogP contribution in [0.5, 0.6) is 0 Å². The highest BCUT2D eigenvalue weighted by Crippen LogP contribution is 2.06. The fourth-order valence-electron chi connectivity index (χ4n) is 0.888. The lowest BCUT2D eigenvalue weighted by atomic mass is 10.4. The molecule has 0 saturated heterocycles. The summed E-state index contributed by atoms with van der Waals surface area (Å²) in [6, 6.07) is 3.50.